The predicted molar refractivity (Wildman–Crippen MR) is 108 cm³/mol. The zero-order valence-electron chi connectivity index (χ0n) is 16.3. The SMILES string of the molecule is CCC(C)(CCOC)Cc1ccc(-c2ccc(OCCCO)cc2)cc1. The summed E-state index contributed by atoms with van der Waals surface area (Å²) >= 11 is 0. The third-order valence-corrected chi connectivity index (χ3v) is 5.11. The van der Waals surface area contributed by atoms with Gasteiger partial charge in [0.1, 0.15) is 5.75 Å². The van der Waals surface area contributed by atoms with Crippen LogP contribution in [-0.2, 0) is 11.2 Å². The molecule has 0 radical (unpaired) electrons. The van der Waals surface area contributed by atoms with Crippen molar-refractivity contribution in [1.29, 1.82) is 0 Å². The van der Waals surface area contributed by atoms with Crippen molar-refractivity contribution in [3.63, 3.8) is 0 Å². The molecule has 0 saturated heterocycles. The van der Waals surface area contributed by atoms with Gasteiger partial charge in [0.25, 0.3) is 0 Å². The molecular weight excluding hydrogens is 324 g/mol. The van der Waals surface area contributed by atoms with Crippen LogP contribution in [0.25, 0.3) is 11.1 Å². The largest absolute Gasteiger partial charge is 0.494 e. The maximum Gasteiger partial charge on any atom is 0.119 e. The summed E-state index contributed by atoms with van der Waals surface area (Å²) in [6, 6.07) is 17.0. The molecule has 3 nitrogen and oxygen atoms in total. The molecule has 2 rings (SSSR count). The summed E-state index contributed by atoms with van der Waals surface area (Å²) in [5.41, 5.74) is 4.05. The molecule has 0 saturated carbocycles. The van der Waals surface area contributed by atoms with Gasteiger partial charge in [0.05, 0.1) is 6.61 Å². The lowest BCUT2D eigenvalue weighted by atomic mass is 9.78. The highest BCUT2D eigenvalue weighted by Crippen LogP contribution is 2.31. The Morgan fingerprint density at radius 1 is 0.923 bits per heavy atom. The molecule has 1 N–H and O–H groups in total. The van der Waals surface area contributed by atoms with Crippen LogP contribution in [0.15, 0.2) is 48.5 Å². The van der Waals surface area contributed by atoms with Crippen LogP contribution in [0.4, 0.5) is 0 Å². The molecule has 0 bridgehead atoms. The average Bonchev–Trinajstić information content (AvgIpc) is 2.68. The van der Waals surface area contributed by atoms with Crippen molar-refractivity contribution < 1.29 is 14.6 Å². The number of hydrogen-bond acceptors (Lipinski definition) is 3. The average molecular weight is 357 g/mol. The van der Waals surface area contributed by atoms with Gasteiger partial charge in [-0.2, -0.15) is 0 Å². The molecule has 0 aliphatic carbocycles. The smallest absolute Gasteiger partial charge is 0.119 e. The second-order valence-corrected chi connectivity index (χ2v) is 7.23. The molecule has 0 amide bonds. The first-order valence-electron chi connectivity index (χ1n) is 9.52. The van der Waals surface area contributed by atoms with Gasteiger partial charge < -0.3 is 14.6 Å². The Labute approximate surface area is 158 Å². The van der Waals surface area contributed by atoms with Crippen LogP contribution in [0.2, 0.25) is 0 Å². The second kappa shape index (κ2) is 10.3. The predicted octanol–water partition coefficient (Wildman–Crippen LogP) is 5.11. The fraction of sp³-hybridized carbons (Fsp3) is 0.478. The Morgan fingerprint density at radius 2 is 1.54 bits per heavy atom. The molecule has 0 fully saturated rings. The van der Waals surface area contributed by atoms with Crippen molar-refractivity contribution in [2.45, 2.75) is 39.5 Å². The maximum absolute atomic E-state index is 8.80. The van der Waals surface area contributed by atoms with Gasteiger partial charge >= 0.3 is 0 Å². The van der Waals surface area contributed by atoms with Crippen LogP contribution in [0.3, 0.4) is 0 Å². The zero-order valence-corrected chi connectivity index (χ0v) is 16.3. The van der Waals surface area contributed by atoms with E-state index >= 15 is 0 Å². The fourth-order valence-electron chi connectivity index (χ4n) is 3.04. The van der Waals surface area contributed by atoms with Crippen molar-refractivity contribution in [1.82, 2.24) is 0 Å². The summed E-state index contributed by atoms with van der Waals surface area (Å²) in [6.45, 7) is 6.12. The highest BCUT2D eigenvalue weighted by Gasteiger charge is 2.22. The van der Waals surface area contributed by atoms with Gasteiger partial charge in [-0.3, -0.25) is 0 Å². The number of methoxy groups -OCH3 is 1. The van der Waals surface area contributed by atoms with E-state index in [9.17, 15) is 0 Å². The van der Waals surface area contributed by atoms with E-state index in [0.717, 1.165) is 31.6 Å². The van der Waals surface area contributed by atoms with Gasteiger partial charge in [-0.1, -0.05) is 56.7 Å². The number of aliphatic hydroxyl groups is 1. The zero-order chi connectivity index (χ0) is 18.8. The number of ether oxygens (including phenoxy) is 2. The Morgan fingerprint density at radius 3 is 2.08 bits per heavy atom. The Bertz CT molecular complexity index is 634. The van der Waals surface area contributed by atoms with Crippen molar-refractivity contribution in [3.05, 3.63) is 54.1 Å². The Kier molecular flexibility index (Phi) is 8.14. The number of benzene rings is 2. The Balaban J connectivity index is 2.00. The first kappa shape index (κ1) is 20.5. The molecule has 0 aliphatic heterocycles. The van der Waals surface area contributed by atoms with Crippen LogP contribution >= 0.6 is 0 Å². The van der Waals surface area contributed by atoms with Crippen molar-refractivity contribution >= 4 is 0 Å². The van der Waals surface area contributed by atoms with Gasteiger partial charge in [0, 0.05) is 26.7 Å². The van der Waals surface area contributed by atoms with Crippen molar-refractivity contribution in [2.24, 2.45) is 5.41 Å². The number of rotatable bonds is 11. The quantitative estimate of drug-likeness (QED) is 0.569. The third kappa shape index (κ3) is 6.15. The number of hydrogen-bond donors (Lipinski definition) is 1. The molecule has 0 spiro atoms. The molecule has 1 unspecified atom stereocenters. The van der Waals surface area contributed by atoms with Gasteiger partial charge in [0.2, 0.25) is 0 Å². The third-order valence-electron chi connectivity index (χ3n) is 5.11. The molecule has 0 aliphatic rings. The summed E-state index contributed by atoms with van der Waals surface area (Å²) in [5.74, 6) is 0.843. The molecular formula is C23H32O3. The monoisotopic (exact) mass is 356 g/mol. The minimum absolute atomic E-state index is 0.160. The van der Waals surface area contributed by atoms with Crippen LogP contribution in [0.1, 0.15) is 38.7 Å². The number of aliphatic hydroxyl groups excluding tert-OH is 1. The standard InChI is InChI=1S/C23H32O3/c1-4-23(2,14-17-25-3)18-19-6-8-20(9-7-19)21-10-12-22(13-11-21)26-16-5-15-24/h6-13,24H,4-5,14-18H2,1-3H3. The molecule has 3 heteroatoms. The molecule has 142 valence electrons. The molecule has 0 aromatic heterocycles. The molecule has 0 heterocycles. The van der Waals surface area contributed by atoms with Gasteiger partial charge in [-0.15, -0.1) is 0 Å². The highest BCUT2D eigenvalue weighted by molar-refractivity contribution is 5.64. The van der Waals surface area contributed by atoms with E-state index in [1.165, 1.54) is 16.7 Å². The van der Waals surface area contributed by atoms with Crippen LogP contribution in [-0.4, -0.2) is 32.0 Å². The van der Waals surface area contributed by atoms with E-state index in [1.807, 2.05) is 12.1 Å². The van der Waals surface area contributed by atoms with Crippen LogP contribution in [0, 0.1) is 5.41 Å². The summed E-state index contributed by atoms with van der Waals surface area (Å²) < 4.78 is 10.9. The molecule has 26 heavy (non-hydrogen) atoms. The van der Waals surface area contributed by atoms with Crippen molar-refractivity contribution in [3.8, 4) is 16.9 Å². The second-order valence-electron chi connectivity index (χ2n) is 7.23. The minimum atomic E-state index is 0.160. The molecule has 2 aromatic carbocycles. The summed E-state index contributed by atoms with van der Waals surface area (Å²) in [4.78, 5) is 0. The Hall–Kier alpha value is -1.84. The van der Waals surface area contributed by atoms with E-state index in [1.54, 1.807) is 7.11 Å². The van der Waals surface area contributed by atoms with E-state index in [2.05, 4.69) is 50.2 Å². The van der Waals surface area contributed by atoms with E-state index in [0.29, 0.717) is 13.0 Å². The maximum atomic E-state index is 8.80. The topological polar surface area (TPSA) is 38.7 Å². The minimum Gasteiger partial charge on any atom is -0.494 e. The summed E-state index contributed by atoms with van der Waals surface area (Å²) in [5, 5.41) is 8.80. The lowest BCUT2D eigenvalue weighted by molar-refractivity contribution is 0.141. The van der Waals surface area contributed by atoms with E-state index < -0.39 is 0 Å². The highest BCUT2D eigenvalue weighted by atomic mass is 16.5. The lowest BCUT2D eigenvalue weighted by Crippen LogP contribution is -2.20. The van der Waals surface area contributed by atoms with E-state index in [4.69, 9.17) is 14.6 Å². The fourth-order valence-corrected chi connectivity index (χ4v) is 3.04. The van der Waals surface area contributed by atoms with Gasteiger partial charge in [0.15, 0.2) is 0 Å². The lowest BCUT2D eigenvalue weighted by Gasteiger charge is -2.28. The normalized spacial score (nSPS) is 13.4. The van der Waals surface area contributed by atoms with E-state index in [-0.39, 0.29) is 12.0 Å². The first-order valence-corrected chi connectivity index (χ1v) is 9.52. The van der Waals surface area contributed by atoms with Gasteiger partial charge in [-0.25, -0.2) is 0 Å². The van der Waals surface area contributed by atoms with Crippen LogP contribution < -0.4 is 4.74 Å². The molecule has 2 aromatic rings. The van der Waals surface area contributed by atoms with Crippen molar-refractivity contribution in [2.75, 3.05) is 26.9 Å². The van der Waals surface area contributed by atoms with Gasteiger partial charge in [-0.05, 0) is 47.1 Å². The summed E-state index contributed by atoms with van der Waals surface area (Å²) in [6.07, 6.45) is 3.96. The van der Waals surface area contributed by atoms with Crippen LogP contribution in [0.5, 0.6) is 5.75 Å². The summed E-state index contributed by atoms with van der Waals surface area (Å²) in [7, 11) is 1.77. The first-order chi connectivity index (χ1) is 12.6. The molecule has 1 atom stereocenters.